The fraction of sp³-hybridized carbons (Fsp3) is 0.300. The van der Waals surface area contributed by atoms with Gasteiger partial charge in [0.2, 0.25) is 0 Å². The number of hydrogen-bond acceptors (Lipinski definition) is 2. The van der Waals surface area contributed by atoms with Gasteiger partial charge in [-0.15, -0.1) is 0 Å². The molecule has 1 heterocycles. The molecule has 0 saturated carbocycles. The summed E-state index contributed by atoms with van der Waals surface area (Å²) in [4.78, 5) is 0.888. The second kappa shape index (κ2) is 3.44. The lowest BCUT2D eigenvalue weighted by atomic mass is 9.94. The van der Waals surface area contributed by atoms with E-state index in [2.05, 4.69) is 29.9 Å². The van der Waals surface area contributed by atoms with Crippen LogP contribution in [0.1, 0.15) is 18.4 Å². The van der Waals surface area contributed by atoms with Gasteiger partial charge >= 0.3 is 0 Å². The van der Waals surface area contributed by atoms with Crippen molar-refractivity contribution in [3.05, 3.63) is 35.9 Å². The van der Waals surface area contributed by atoms with Crippen molar-refractivity contribution in [1.82, 2.24) is 10.9 Å². The Morgan fingerprint density at radius 3 is 2.46 bits per heavy atom. The second-order valence-electron chi connectivity index (χ2n) is 3.31. The molecule has 0 aliphatic carbocycles. The number of nitrogens with one attached hydrogen (secondary N) is 2. The average Bonchev–Trinajstić information content (AvgIpc) is 2.48. The van der Waals surface area contributed by atoms with Gasteiger partial charge in [0.15, 0.2) is 0 Å². The molecule has 1 aliphatic rings. The Kier molecular flexibility index (Phi) is 2.29. The summed E-state index contributed by atoms with van der Waals surface area (Å²) >= 11 is 5.23. The number of hydrazine groups is 1. The summed E-state index contributed by atoms with van der Waals surface area (Å²) in [5.41, 5.74) is 7.40. The number of hydrogen-bond donors (Lipinski definition) is 2. The summed E-state index contributed by atoms with van der Waals surface area (Å²) in [5, 5.41) is 0. The molecule has 1 saturated heterocycles. The first-order valence-corrected chi connectivity index (χ1v) is 4.80. The largest absolute Gasteiger partial charge is 0.315 e. The fourth-order valence-corrected chi connectivity index (χ4v) is 2.07. The molecular weight excluding hydrogens is 180 g/mol. The Hall–Kier alpha value is -0.930. The summed E-state index contributed by atoms with van der Waals surface area (Å²) in [7, 11) is 0. The molecule has 1 fully saturated rings. The molecule has 0 bridgehead atoms. The Morgan fingerprint density at radius 2 is 1.92 bits per heavy atom. The molecule has 0 amide bonds. The highest BCUT2D eigenvalue weighted by atomic mass is 32.1. The van der Waals surface area contributed by atoms with Crippen molar-refractivity contribution < 1.29 is 0 Å². The van der Waals surface area contributed by atoms with Crippen LogP contribution in [0.2, 0.25) is 0 Å². The zero-order chi connectivity index (χ0) is 9.26. The summed E-state index contributed by atoms with van der Waals surface area (Å²) in [6, 6.07) is 10.7. The molecular formula is C10H12N2S. The number of thiocarbonyl (C=S) groups is 1. The van der Waals surface area contributed by atoms with Gasteiger partial charge in [-0.1, -0.05) is 42.5 Å². The van der Waals surface area contributed by atoms with Crippen molar-refractivity contribution in [2.75, 3.05) is 0 Å². The van der Waals surface area contributed by atoms with E-state index in [0.29, 0.717) is 12.0 Å². The zero-order valence-electron chi connectivity index (χ0n) is 7.45. The van der Waals surface area contributed by atoms with E-state index in [0.717, 1.165) is 4.99 Å². The maximum absolute atomic E-state index is 5.23. The first-order valence-electron chi connectivity index (χ1n) is 4.39. The Morgan fingerprint density at radius 1 is 1.23 bits per heavy atom. The SMILES string of the molecule is CC1NNC(=S)C1c1ccccc1. The van der Waals surface area contributed by atoms with E-state index in [1.165, 1.54) is 5.56 Å². The molecule has 13 heavy (non-hydrogen) atoms. The van der Waals surface area contributed by atoms with Crippen LogP contribution in [-0.2, 0) is 0 Å². The molecule has 2 rings (SSSR count). The summed E-state index contributed by atoms with van der Waals surface area (Å²) < 4.78 is 0. The summed E-state index contributed by atoms with van der Waals surface area (Å²) in [6.45, 7) is 2.13. The highest BCUT2D eigenvalue weighted by Crippen LogP contribution is 2.23. The molecule has 2 nitrogen and oxygen atoms in total. The molecule has 2 N–H and O–H groups in total. The van der Waals surface area contributed by atoms with Gasteiger partial charge in [-0.25, -0.2) is 5.43 Å². The fourth-order valence-electron chi connectivity index (χ4n) is 1.67. The Balaban J connectivity index is 2.30. The number of rotatable bonds is 1. The molecule has 3 heteroatoms. The van der Waals surface area contributed by atoms with Crippen molar-refractivity contribution in [2.45, 2.75) is 18.9 Å². The maximum atomic E-state index is 5.23. The van der Waals surface area contributed by atoms with Gasteiger partial charge in [0, 0.05) is 6.04 Å². The minimum absolute atomic E-state index is 0.316. The topological polar surface area (TPSA) is 24.1 Å². The molecule has 1 aromatic rings. The maximum Gasteiger partial charge on any atom is 0.0987 e. The molecule has 0 spiro atoms. The summed E-state index contributed by atoms with van der Waals surface area (Å²) in [5.74, 6) is 0.316. The Bertz CT molecular complexity index is 310. The van der Waals surface area contributed by atoms with Crippen LogP contribution in [0.25, 0.3) is 0 Å². The van der Waals surface area contributed by atoms with Crippen molar-refractivity contribution in [1.29, 1.82) is 0 Å². The average molecular weight is 192 g/mol. The minimum atomic E-state index is 0.316. The first kappa shape index (κ1) is 8.66. The molecule has 1 aliphatic heterocycles. The van der Waals surface area contributed by atoms with Crippen LogP contribution < -0.4 is 10.9 Å². The normalized spacial score (nSPS) is 27.3. The minimum Gasteiger partial charge on any atom is -0.315 e. The third kappa shape index (κ3) is 1.57. The second-order valence-corrected chi connectivity index (χ2v) is 3.75. The van der Waals surface area contributed by atoms with Crippen molar-refractivity contribution in [2.24, 2.45) is 0 Å². The quantitative estimate of drug-likeness (QED) is 0.661. The van der Waals surface area contributed by atoms with Gasteiger partial charge in [0.05, 0.1) is 10.9 Å². The van der Waals surface area contributed by atoms with E-state index >= 15 is 0 Å². The molecule has 0 radical (unpaired) electrons. The lowest BCUT2D eigenvalue weighted by Gasteiger charge is -2.12. The van der Waals surface area contributed by atoms with E-state index in [1.54, 1.807) is 0 Å². The third-order valence-corrected chi connectivity index (χ3v) is 2.72. The lowest BCUT2D eigenvalue weighted by molar-refractivity contribution is 0.570. The predicted molar refractivity (Wildman–Crippen MR) is 57.5 cm³/mol. The van der Waals surface area contributed by atoms with Crippen LogP contribution in [0.15, 0.2) is 30.3 Å². The van der Waals surface area contributed by atoms with E-state index in [1.807, 2.05) is 18.2 Å². The molecule has 68 valence electrons. The van der Waals surface area contributed by atoms with Crippen LogP contribution in [0, 0.1) is 0 Å². The van der Waals surface area contributed by atoms with Gasteiger partial charge in [-0.3, -0.25) is 0 Å². The van der Waals surface area contributed by atoms with E-state index < -0.39 is 0 Å². The summed E-state index contributed by atoms with van der Waals surface area (Å²) in [6.07, 6.45) is 0. The number of benzene rings is 1. The van der Waals surface area contributed by atoms with Crippen molar-refractivity contribution in [3.63, 3.8) is 0 Å². The molecule has 1 aromatic carbocycles. The lowest BCUT2D eigenvalue weighted by Crippen LogP contribution is -2.29. The van der Waals surface area contributed by atoms with Crippen LogP contribution in [0.4, 0.5) is 0 Å². The van der Waals surface area contributed by atoms with Crippen molar-refractivity contribution in [3.8, 4) is 0 Å². The van der Waals surface area contributed by atoms with Crippen molar-refractivity contribution >= 4 is 17.2 Å². The standard InChI is InChI=1S/C10H12N2S/c1-7-9(10(13)12-11-7)8-5-3-2-4-6-8/h2-7,9,11H,1H3,(H,12,13). The van der Waals surface area contributed by atoms with Crippen LogP contribution in [-0.4, -0.2) is 11.0 Å². The smallest absolute Gasteiger partial charge is 0.0987 e. The predicted octanol–water partition coefficient (Wildman–Crippen LogP) is 1.59. The molecule has 2 atom stereocenters. The zero-order valence-corrected chi connectivity index (χ0v) is 8.27. The highest BCUT2D eigenvalue weighted by molar-refractivity contribution is 7.80. The van der Waals surface area contributed by atoms with Gasteiger partial charge < -0.3 is 5.43 Å². The van der Waals surface area contributed by atoms with E-state index in [9.17, 15) is 0 Å². The molecule has 2 unspecified atom stereocenters. The monoisotopic (exact) mass is 192 g/mol. The first-order chi connectivity index (χ1) is 6.29. The molecule has 0 aromatic heterocycles. The van der Waals surface area contributed by atoms with E-state index in [-0.39, 0.29) is 0 Å². The highest BCUT2D eigenvalue weighted by Gasteiger charge is 2.28. The van der Waals surface area contributed by atoms with Crippen LogP contribution in [0.3, 0.4) is 0 Å². The van der Waals surface area contributed by atoms with Gasteiger partial charge in [0.25, 0.3) is 0 Å². The van der Waals surface area contributed by atoms with Gasteiger partial charge in [0.1, 0.15) is 0 Å². The Labute approximate surface area is 83.3 Å². The van der Waals surface area contributed by atoms with Crippen LogP contribution in [0.5, 0.6) is 0 Å². The third-order valence-electron chi connectivity index (χ3n) is 2.36. The van der Waals surface area contributed by atoms with Gasteiger partial charge in [-0.2, -0.15) is 0 Å². The van der Waals surface area contributed by atoms with Crippen LogP contribution >= 0.6 is 12.2 Å². The van der Waals surface area contributed by atoms with E-state index in [4.69, 9.17) is 12.2 Å². The van der Waals surface area contributed by atoms with Gasteiger partial charge in [-0.05, 0) is 12.5 Å².